The number of benzene rings is 2. The molecule has 1 saturated carbocycles. The Balaban J connectivity index is 1.44. The zero-order valence-corrected chi connectivity index (χ0v) is 19.6. The molecule has 1 fully saturated rings. The van der Waals surface area contributed by atoms with E-state index in [1.165, 1.54) is 31.4 Å². The van der Waals surface area contributed by atoms with Crippen LogP contribution in [0.3, 0.4) is 0 Å². The van der Waals surface area contributed by atoms with E-state index in [0.717, 1.165) is 12.0 Å². The first-order chi connectivity index (χ1) is 16.5. The molecule has 1 amide bonds. The molecule has 0 saturated heterocycles. The monoisotopic (exact) mass is 478 g/mol. The summed E-state index contributed by atoms with van der Waals surface area (Å²) in [6, 6.07) is 17.9. The molecule has 1 aliphatic carbocycles. The summed E-state index contributed by atoms with van der Waals surface area (Å²) in [5, 5.41) is 2.80. The van der Waals surface area contributed by atoms with Crippen LogP contribution in [0.25, 0.3) is 0 Å². The largest absolute Gasteiger partial charge is 0.457 e. The minimum atomic E-state index is -3.94. The summed E-state index contributed by atoms with van der Waals surface area (Å²) in [5.74, 6) is 1.33. The van der Waals surface area contributed by atoms with E-state index in [0.29, 0.717) is 17.4 Å². The second-order valence-corrected chi connectivity index (χ2v) is 10.1. The lowest BCUT2D eigenvalue weighted by Crippen LogP contribution is -2.47. The molecule has 2 N–H and O–H groups in total. The topological polar surface area (TPSA) is 97.4 Å². The standard InChI is InChI=1S/C26H28N3O4S/c30-26(28-18-13-20-7-4-8-20)25(19-21-5-2-1-3-6-21)29-34(31,32)24-11-9-22(10-12-24)33-23-14-16-27-17-15-23/h1-3,5-6,9-12,14-18,20,25,29H,4,7-8,13,19H2,(H,28,30)/t25-/m0/s1. The Kier molecular flexibility index (Phi) is 7.92. The third kappa shape index (κ3) is 6.65. The Morgan fingerprint density at radius 1 is 1.00 bits per heavy atom. The van der Waals surface area contributed by atoms with Crippen molar-refractivity contribution in [2.45, 2.75) is 43.0 Å². The molecule has 7 nitrogen and oxygen atoms in total. The molecule has 0 unspecified atom stereocenters. The number of sulfonamides is 1. The molecule has 34 heavy (non-hydrogen) atoms. The highest BCUT2D eigenvalue weighted by Gasteiger charge is 2.26. The normalized spacial score (nSPS) is 14.7. The average molecular weight is 479 g/mol. The van der Waals surface area contributed by atoms with Crippen molar-refractivity contribution < 1.29 is 17.9 Å². The molecule has 1 radical (unpaired) electrons. The van der Waals surface area contributed by atoms with Gasteiger partial charge in [0.25, 0.3) is 0 Å². The van der Waals surface area contributed by atoms with Gasteiger partial charge in [0.15, 0.2) is 0 Å². The number of nitrogens with one attached hydrogen (secondary N) is 2. The van der Waals surface area contributed by atoms with Crippen LogP contribution in [0.15, 0.2) is 84.0 Å². The van der Waals surface area contributed by atoms with Crippen molar-refractivity contribution in [3.63, 3.8) is 0 Å². The summed E-state index contributed by atoms with van der Waals surface area (Å²) >= 11 is 0. The van der Waals surface area contributed by atoms with Gasteiger partial charge in [-0.05, 0) is 60.7 Å². The van der Waals surface area contributed by atoms with Crippen LogP contribution >= 0.6 is 0 Å². The number of rotatable bonds is 11. The van der Waals surface area contributed by atoms with Crippen molar-refractivity contribution in [3.8, 4) is 11.5 Å². The molecule has 8 heteroatoms. The van der Waals surface area contributed by atoms with Crippen LogP contribution in [0, 0.1) is 12.5 Å². The van der Waals surface area contributed by atoms with Crippen molar-refractivity contribution in [1.29, 1.82) is 0 Å². The number of aromatic nitrogens is 1. The molecule has 177 valence electrons. The van der Waals surface area contributed by atoms with Gasteiger partial charge in [-0.1, -0.05) is 49.6 Å². The summed E-state index contributed by atoms with van der Waals surface area (Å²) < 4.78 is 34.5. The third-order valence-corrected chi connectivity index (χ3v) is 7.32. The van der Waals surface area contributed by atoms with Gasteiger partial charge in [-0.2, -0.15) is 4.72 Å². The van der Waals surface area contributed by atoms with Gasteiger partial charge < -0.3 is 10.1 Å². The summed E-state index contributed by atoms with van der Waals surface area (Å²) in [4.78, 5) is 16.9. The SMILES string of the molecule is O=C(N[CH]CC1CCC1)[C@H](Cc1ccccc1)NS(=O)(=O)c1ccc(Oc2ccncc2)cc1. The minimum absolute atomic E-state index is 0.0545. The second kappa shape index (κ2) is 11.3. The lowest BCUT2D eigenvalue weighted by molar-refractivity contribution is -0.122. The van der Waals surface area contributed by atoms with E-state index in [9.17, 15) is 13.2 Å². The Morgan fingerprint density at radius 3 is 2.32 bits per heavy atom. The van der Waals surface area contributed by atoms with Gasteiger partial charge >= 0.3 is 0 Å². The van der Waals surface area contributed by atoms with E-state index in [1.54, 1.807) is 43.2 Å². The van der Waals surface area contributed by atoms with Gasteiger partial charge in [-0.25, -0.2) is 8.42 Å². The molecule has 0 bridgehead atoms. The van der Waals surface area contributed by atoms with Crippen LogP contribution in [0.1, 0.15) is 31.2 Å². The predicted molar refractivity (Wildman–Crippen MR) is 129 cm³/mol. The van der Waals surface area contributed by atoms with Gasteiger partial charge in [0, 0.05) is 18.9 Å². The van der Waals surface area contributed by atoms with Crippen LogP contribution in [0.5, 0.6) is 11.5 Å². The first kappa shape index (κ1) is 23.9. The van der Waals surface area contributed by atoms with Crippen molar-refractivity contribution in [3.05, 3.63) is 91.2 Å². The lowest BCUT2D eigenvalue weighted by atomic mass is 9.83. The molecule has 1 aliphatic rings. The molecule has 3 aromatic rings. The number of hydrogen-bond acceptors (Lipinski definition) is 5. The molecule has 0 spiro atoms. The molecule has 0 aliphatic heterocycles. The summed E-state index contributed by atoms with van der Waals surface area (Å²) in [7, 11) is -3.94. The maximum atomic E-state index is 13.1. The van der Waals surface area contributed by atoms with Crippen LogP contribution in [-0.4, -0.2) is 25.4 Å². The number of carbonyl (C=O) groups is 1. The summed E-state index contributed by atoms with van der Waals surface area (Å²) in [6.45, 7) is 1.75. The first-order valence-electron chi connectivity index (χ1n) is 11.4. The fourth-order valence-corrected chi connectivity index (χ4v) is 4.87. The Labute approximate surface area is 200 Å². The molecule has 1 heterocycles. The van der Waals surface area contributed by atoms with E-state index >= 15 is 0 Å². The van der Waals surface area contributed by atoms with E-state index in [2.05, 4.69) is 15.0 Å². The quantitative estimate of drug-likeness (QED) is 0.430. The molecule has 1 atom stereocenters. The van der Waals surface area contributed by atoms with Gasteiger partial charge in [0.05, 0.1) is 4.90 Å². The average Bonchev–Trinajstić information content (AvgIpc) is 2.82. The Hall–Kier alpha value is -3.23. The fourth-order valence-electron chi connectivity index (χ4n) is 3.68. The zero-order chi connectivity index (χ0) is 23.8. The Morgan fingerprint density at radius 2 is 1.68 bits per heavy atom. The number of nitrogens with zero attached hydrogens (tertiary/aromatic N) is 1. The van der Waals surface area contributed by atoms with Crippen LogP contribution in [-0.2, 0) is 21.2 Å². The molecular weight excluding hydrogens is 450 g/mol. The van der Waals surface area contributed by atoms with Crippen molar-refractivity contribution in [2.75, 3.05) is 0 Å². The van der Waals surface area contributed by atoms with Gasteiger partial charge in [-0.15, -0.1) is 0 Å². The number of carbonyl (C=O) groups excluding carboxylic acids is 1. The highest BCUT2D eigenvalue weighted by atomic mass is 32.2. The van der Waals surface area contributed by atoms with Crippen molar-refractivity contribution in [2.24, 2.45) is 5.92 Å². The van der Waals surface area contributed by atoms with Gasteiger partial charge in [-0.3, -0.25) is 9.78 Å². The number of pyridine rings is 1. The van der Waals surface area contributed by atoms with Gasteiger partial charge in [0.2, 0.25) is 15.9 Å². The second-order valence-electron chi connectivity index (χ2n) is 8.37. The third-order valence-electron chi connectivity index (χ3n) is 5.84. The van der Waals surface area contributed by atoms with E-state index in [-0.39, 0.29) is 17.2 Å². The maximum absolute atomic E-state index is 13.1. The predicted octanol–water partition coefficient (Wildman–Crippen LogP) is 4.23. The molecule has 2 aromatic carbocycles. The van der Waals surface area contributed by atoms with Gasteiger partial charge in [0.1, 0.15) is 17.5 Å². The van der Waals surface area contributed by atoms with E-state index < -0.39 is 16.1 Å². The molecular formula is C26H28N3O4S. The highest BCUT2D eigenvalue weighted by molar-refractivity contribution is 7.89. The highest BCUT2D eigenvalue weighted by Crippen LogP contribution is 2.29. The van der Waals surface area contributed by atoms with Crippen LogP contribution in [0.2, 0.25) is 0 Å². The first-order valence-corrected chi connectivity index (χ1v) is 12.8. The minimum Gasteiger partial charge on any atom is -0.457 e. The lowest BCUT2D eigenvalue weighted by Gasteiger charge is -2.25. The van der Waals surface area contributed by atoms with Crippen molar-refractivity contribution in [1.82, 2.24) is 15.0 Å². The number of ether oxygens (including phenoxy) is 1. The summed E-state index contributed by atoms with van der Waals surface area (Å²) in [5.41, 5.74) is 0.866. The molecule has 4 rings (SSSR count). The maximum Gasteiger partial charge on any atom is 0.241 e. The number of hydrogen-bond donors (Lipinski definition) is 2. The van der Waals surface area contributed by atoms with E-state index in [4.69, 9.17) is 4.74 Å². The van der Waals surface area contributed by atoms with Crippen LogP contribution < -0.4 is 14.8 Å². The molecule has 1 aromatic heterocycles. The Bertz CT molecular complexity index is 1170. The van der Waals surface area contributed by atoms with E-state index in [1.807, 2.05) is 30.3 Å². The fraction of sp³-hybridized carbons (Fsp3) is 0.269. The van der Waals surface area contributed by atoms with Crippen LogP contribution in [0.4, 0.5) is 0 Å². The van der Waals surface area contributed by atoms with Crippen molar-refractivity contribution >= 4 is 15.9 Å². The number of amides is 1. The summed E-state index contributed by atoms with van der Waals surface area (Å²) in [6.07, 6.45) is 7.84. The zero-order valence-electron chi connectivity index (χ0n) is 18.8. The smallest absolute Gasteiger partial charge is 0.241 e.